The first-order valence-electron chi connectivity index (χ1n) is 10.9. The predicted molar refractivity (Wildman–Crippen MR) is 118 cm³/mol. The van der Waals surface area contributed by atoms with Crippen molar-refractivity contribution < 1.29 is 9.18 Å². The van der Waals surface area contributed by atoms with E-state index in [4.69, 9.17) is 0 Å². The van der Waals surface area contributed by atoms with Crippen LogP contribution in [0.25, 0.3) is 10.8 Å². The van der Waals surface area contributed by atoms with Gasteiger partial charge >= 0.3 is 0 Å². The molecule has 5 rings (SSSR count). The van der Waals surface area contributed by atoms with Gasteiger partial charge in [-0.25, -0.2) is 9.07 Å². The third-order valence-corrected chi connectivity index (χ3v) is 6.28. The second-order valence-electron chi connectivity index (χ2n) is 8.27. The normalized spacial score (nSPS) is 16.7. The summed E-state index contributed by atoms with van der Waals surface area (Å²) in [4.78, 5) is 30.0. The highest BCUT2D eigenvalue weighted by Crippen LogP contribution is 2.44. The van der Waals surface area contributed by atoms with Crippen LogP contribution in [0.15, 0.2) is 47.3 Å². The van der Waals surface area contributed by atoms with E-state index in [1.807, 2.05) is 19.1 Å². The molecule has 1 amide bonds. The van der Waals surface area contributed by atoms with E-state index in [2.05, 4.69) is 10.00 Å². The van der Waals surface area contributed by atoms with E-state index in [9.17, 15) is 14.0 Å². The molecule has 6 nitrogen and oxygen atoms in total. The van der Waals surface area contributed by atoms with Crippen LogP contribution in [-0.2, 0) is 6.54 Å². The number of carbonyl (C=O) groups excluding carboxylic acids is 1. The number of anilines is 1. The molecule has 1 saturated heterocycles. The Morgan fingerprint density at radius 1 is 1.06 bits per heavy atom. The van der Waals surface area contributed by atoms with Crippen LogP contribution in [0.4, 0.5) is 10.1 Å². The molecule has 2 aromatic carbocycles. The molecule has 1 saturated carbocycles. The molecule has 31 heavy (non-hydrogen) atoms. The number of aromatic nitrogens is 2. The molecule has 0 atom stereocenters. The minimum absolute atomic E-state index is 0.153. The Morgan fingerprint density at radius 3 is 2.45 bits per heavy atom. The van der Waals surface area contributed by atoms with Gasteiger partial charge in [0.05, 0.1) is 5.39 Å². The van der Waals surface area contributed by atoms with E-state index >= 15 is 0 Å². The van der Waals surface area contributed by atoms with Crippen molar-refractivity contribution in [3.8, 4) is 0 Å². The lowest BCUT2D eigenvalue weighted by Crippen LogP contribution is -2.49. The highest BCUT2D eigenvalue weighted by atomic mass is 19.1. The lowest BCUT2D eigenvalue weighted by Gasteiger charge is -2.37. The molecular formula is C24H25FN4O2. The van der Waals surface area contributed by atoms with E-state index in [1.54, 1.807) is 29.2 Å². The van der Waals surface area contributed by atoms with Crippen LogP contribution in [0.2, 0.25) is 0 Å². The van der Waals surface area contributed by atoms with Gasteiger partial charge in [-0.1, -0.05) is 18.2 Å². The van der Waals surface area contributed by atoms with Crippen molar-refractivity contribution >= 4 is 22.4 Å². The smallest absolute Gasteiger partial charge is 0.275 e. The first kappa shape index (κ1) is 19.7. The summed E-state index contributed by atoms with van der Waals surface area (Å²) in [6.07, 6.45) is 2.22. The molecule has 1 aliphatic heterocycles. The fraction of sp³-hybridized carbons (Fsp3) is 0.375. The molecule has 0 radical (unpaired) electrons. The predicted octanol–water partition coefficient (Wildman–Crippen LogP) is 3.40. The minimum atomic E-state index is -0.191. The van der Waals surface area contributed by atoms with Crippen molar-refractivity contribution in [3.05, 3.63) is 69.9 Å². The molecule has 3 aromatic rings. The highest BCUT2D eigenvalue weighted by molar-refractivity contribution is 6.04. The molecule has 0 spiro atoms. The van der Waals surface area contributed by atoms with Gasteiger partial charge in [0, 0.05) is 43.8 Å². The van der Waals surface area contributed by atoms with Gasteiger partial charge in [-0.3, -0.25) is 9.59 Å². The summed E-state index contributed by atoms with van der Waals surface area (Å²) in [6, 6.07) is 12.2. The Labute approximate surface area is 179 Å². The molecule has 0 N–H and O–H groups in total. The molecule has 1 aromatic heterocycles. The van der Waals surface area contributed by atoms with Gasteiger partial charge in [0.25, 0.3) is 11.5 Å². The summed E-state index contributed by atoms with van der Waals surface area (Å²) in [6.45, 7) is 4.73. The van der Waals surface area contributed by atoms with Crippen molar-refractivity contribution in [3.63, 3.8) is 0 Å². The number of benzene rings is 2. The maximum absolute atomic E-state index is 13.8. The van der Waals surface area contributed by atoms with Crippen LogP contribution in [-0.4, -0.2) is 46.8 Å². The van der Waals surface area contributed by atoms with Crippen LogP contribution >= 0.6 is 0 Å². The fourth-order valence-corrected chi connectivity index (χ4v) is 4.44. The van der Waals surface area contributed by atoms with Gasteiger partial charge in [-0.15, -0.1) is 0 Å². The Hall–Kier alpha value is -3.22. The number of nitrogens with zero attached hydrogens (tertiary/aromatic N) is 4. The molecule has 2 fully saturated rings. The third-order valence-electron chi connectivity index (χ3n) is 6.28. The number of fused-ring (bicyclic) bond motifs is 1. The van der Waals surface area contributed by atoms with E-state index in [1.165, 1.54) is 10.7 Å². The summed E-state index contributed by atoms with van der Waals surface area (Å²) in [5.41, 5.74) is 2.32. The molecule has 1 aliphatic carbocycles. The van der Waals surface area contributed by atoms with Gasteiger partial charge < -0.3 is 9.80 Å². The zero-order valence-electron chi connectivity index (χ0n) is 17.6. The summed E-state index contributed by atoms with van der Waals surface area (Å²) in [5.74, 6) is 0.110. The maximum Gasteiger partial charge on any atom is 0.275 e. The zero-order chi connectivity index (χ0) is 21.5. The number of aryl methyl sites for hydroxylation is 1. The van der Waals surface area contributed by atoms with Gasteiger partial charge in [-0.05, 0) is 55.5 Å². The van der Waals surface area contributed by atoms with Gasteiger partial charge in [0.1, 0.15) is 5.82 Å². The van der Waals surface area contributed by atoms with Crippen molar-refractivity contribution in [1.82, 2.24) is 14.7 Å². The summed E-state index contributed by atoms with van der Waals surface area (Å²) in [5, 5.41) is 5.50. The molecular weight excluding hydrogens is 395 g/mol. The number of carbonyl (C=O) groups is 1. The topological polar surface area (TPSA) is 58.4 Å². The second kappa shape index (κ2) is 7.80. The van der Waals surface area contributed by atoms with Crippen LogP contribution in [0, 0.1) is 5.82 Å². The quantitative estimate of drug-likeness (QED) is 0.649. The Morgan fingerprint density at radius 2 is 1.77 bits per heavy atom. The summed E-state index contributed by atoms with van der Waals surface area (Å²) in [7, 11) is 0. The SMILES string of the molecule is CCn1nc(C(=O)N2CCN(c3ccc(F)cc3C3CC3)CC2)c2ccccc2c1=O. The Bertz CT molecular complexity index is 1210. The number of hydrogen-bond acceptors (Lipinski definition) is 4. The summed E-state index contributed by atoms with van der Waals surface area (Å²) < 4.78 is 15.1. The summed E-state index contributed by atoms with van der Waals surface area (Å²) >= 11 is 0. The van der Waals surface area contributed by atoms with Crippen LogP contribution in [0.1, 0.15) is 41.7 Å². The number of amides is 1. The highest BCUT2D eigenvalue weighted by Gasteiger charge is 2.31. The third kappa shape index (κ3) is 3.58. The maximum atomic E-state index is 13.8. The fourth-order valence-electron chi connectivity index (χ4n) is 4.44. The van der Waals surface area contributed by atoms with E-state index < -0.39 is 0 Å². The Balaban J connectivity index is 1.39. The number of rotatable bonds is 4. The van der Waals surface area contributed by atoms with E-state index in [0.717, 1.165) is 24.1 Å². The van der Waals surface area contributed by atoms with Gasteiger partial charge in [-0.2, -0.15) is 5.10 Å². The van der Waals surface area contributed by atoms with E-state index in [-0.39, 0.29) is 17.3 Å². The van der Waals surface area contributed by atoms with Crippen molar-refractivity contribution in [2.45, 2.75) is 32.2 Å². The molecule has 7 heteroatoms. The molecule has 0 bridgehead atoms. The lowest BCUT2D eigenvalue weighted by atomic mass is 10.1. The van der Waals surface area contributed by atoms with Crippen LogP contribution in [0.3, 0.4) is 0 Å². The van der Waals surface area contributed by atoms with Crippen molar-refractivity contribution in [2.24, 2.45) is 0 Å². The molecule has 160 valence electrons. The van der Waals surface area contributed by atoms with Gasteiger partial charge in [0.2, 0.25) is 0 Å². The molecule has 2 heterocycles. The number of hydrogen-bond donors (Lipinski definition) is 0. The largest absolute Gasteiger partial charge is 0.368 e. The second-order valence-corrected chi connectivity index (χ2v) is 8.27. The first-order valence-corrected chi connectivity index (χ1v) is 10.9. The monoisotopic (exact) mass is 420 g/mol. The standard InChI is InChI=1S/C24H25FN4O2/c1-2-29-23(30)19-6-4-3-5-18(19)22(26-29)24(31)28-13-11-27(12-14-28)21-10-9-17(25)15-20(21)16-7-8-16/h3-6,9-10,15-16H,2,7-8,11-14H2,1H3. The number of halogens is 1. The van der Waals surface area contributed by atoms with Crippen LogP contribution in [0.5, 0.6) is 0 Å². The Kier molecular flexibility index (Phi) is 4.96. The van der Waals surface area contributed by atoms with E-state index in [0.29, 0.717) is 55.1 Å². The van der Waals surface area contributed by atoms with Crippen LogP contribution < -0.4 is 10.5 Å². The molecule has 0 unspecified atom stereocenters. The minimum Gasteiger partial charge on any atom is -0.368 e. The van der Waals surface area contributed by atoms with Crippen molar-refractivity contribution in [2.75, 3.05) is 31.1 Å². The zero-order valence-corrected chi connectivity index (χ0v) is 17.6. The molecule has 2 aliphatic rings. The lowest BCUT2D eigenvalue weighted by molar-refractivity contribution is 0.0740. The van der Waals surface area contributed by atoms with Crippen molar-refractivity contribution in [1.29, 1.82) is 0 Å². The average molecular weight is 420 g/mol. The number of piperazine rings is 1. The van der Waals surface area contributed by atoms with Gasteiger partial charge in [0.15, 0.2) is 5.69 Å². The first-order chi connectivity index (χ1) is 15.1. The average Bonchev–Trinajstić information content (AvgIpc) is 3.65.